The minimum atomic E-state index is -0.0986. The summed E-state index contributed by atoms with van der Waals surface area (Å²) in [7, 11) is 0. The average Bonchev–Trinajstić information content (AvgIpc) is 2.94. The first-order valence-corrected chi connectivity index (χ1v) is 7.51. The van der Waals surface area contributed by atoms with Crippen LogP contribution in [0.25, 0.3) is 0 Å². The monoisotopic (exact) mass is 300 g/mol. The number of carbonyl (C=O) groups excluding carboxylic acids is 1. The fraction of sp³-hybridized carbons (Fsp3) is 0.389. The molecule has 0 saturated heterocycles. The molecule has 2 aromatic rings. The molecule has 4 nitrogen and oxygen atoms in total. The Kier molecular flexibility index (Phi) is 5.03. The minimum Gasteiger partial charge on any atom is -0.455 e. The van der Waals surface area contributed by atoms with Crippen LogP contribution in [-0.2, 0) is 13.1 Å². The van der Waals surface area contributed by atoms with Crippen LogP contribution in [0.3, 0.4) is 0 Å². The van der Waals surface area contributed by atoms with Gasteiger partial charge in [-0.1, -0.05) is 51.1 Å². The van der Waals surface area contributed by atoms with E-state index in [9.17, 15) is 4.79 Å². The van der Waals surface area contributed by atoms with Crippen molar-refractivity contribution in [2.75, 3.05) is 6.54 Å². The number of hydrogen-bond donors (Lipinski definition) is 1. The first-order valence-electron chi connectivity index (χ1n) is 7.51. The summed E-state index contributed by atoms with van der Waals surface area (Å²) in [6, 6.07) is 13.4. The highest BCUT2D eigenvalue weighted by atomic mass is 16.4. The smallest absolute Gasteiger partial charge is 0.289 e. The molecule has 1 heterocycles. The average molecular weight is 300 g/mol. The normalized spacial score (nSPS) is 11.5. The van der Waals surface area contributed by atoms with Gasteiger partial charge in [0.25, 0.3) is 5.91 Å². The topological polar surface area (TPSA) is 59.5 Å². The predicted octanol–water partition coefficient (Wildman–Crippen LogP) is 3.43. The molecule has 0 fully saturated rings. The van der Waals surface area contributed by atoms with E-state index in [1.54, 1.807) is 12.1 Å². The van der Waals surface area contributed by atoms with E-state index < -0.39 is 0 Å². The van der Waals surface area contributed by atoms with Gasteiger partial charge in [-0.05, 0) is 23.1 Å². The van der Waals surface area contributed by atoms with E-state index in [4.69, 9.17) is 10.2 Å². The van der Waals surface area contributed by atoms with Crippen LogP contribution in [0, 0.1) is 5.41 Å². The SMILES string of the molecule is CC(C)(C)CN(Cc1ccccc1)C(=O)c1ccc(CN)o1. The van der Waals surface area contributed by atoms with E-state index in [1.165, 1.54) is 0 Å². The van der Waals surface area contributed by atoms with Gasteiger partial charge >= 0.3 is 0 Å². The van der Waals surface area contributed by atoms with Crippen molar-refractivity contribution >= 4 is 5.91 Å². The number of furan rings is 1. The highest BCUT2D eigenvalue weighted by molar-refractivity contribution is 5.91. The fourth-order valence-electron chi connectivity index (χ4n) is 2.33. The lowest BCUT2D eigenvalue weighted by molar-refractivity contribution is 0.0646. The third-order valence-electron chi connectivity index (χ3n) is 3.24. The number of benzene rings is 1. The van der Waals surface area contributed by atoms with Gasteiger partial charge in [0.15, 0.2) is 5.76 Å². The summed E-state index contributed by atoms with van der Waals surface area (Å²) >= 11 is 0. The molecule has 1 aromatic heterocycles. The number of nitrogens with two attached hydrogens (primary N) is 1. The van der Waals surface area contributed by atoms with E-state index in [0.29, 0.717) is 31.2 Å². The molecule has 118 valence electrons. The van der Waals surface area contributed by atoms with E-state index in [-0.39, 0.29) is 11.3 Å². The summed E-state index contributed by atoms with van der Waals surface area (Å²) in [6.45, 7) is 7.86. The van der Waals surface area contributed by atoms with Crippen molar-refractivity contribution < 1.29 is 9.21 Å². The molecule has 22 heavy (non-hydrogen) atoms. The maximum Gasteiger partial charge on any atom is 0.289 e. The number of carbonyl (C=O) groups is 1. The summed E-state index contributed by atoms with van der Waals surface area (Å²) < 4.78 is 5.51. The van der Waals surface area contributed by atoms with E-state index in [2.05, 4.69) is 20.8 Å². The number of rotatable bonds is 5. The molecular weight excluding hydrogens is 276 g/mol. The quantitative estimate of drug-likeness (QED) is 0.920. The number of nitrogens with zero attached hydrogens (tertiary/aromatic N) is 1. The van der Waals surface area contributed by atoms with Gasteiger partial charge in [0.05, 0.1) is 6.54 Å². The van der Waals surface area contributed by atoms with Crippen molar-refractivity contribution in [1.29, 1.82) is 0 Å². The molecule has 0 saturated carbocycles. The van der Waals surface area contributed by atoms with Gasteiger partial charge in [0.1, 0.15) is 5.76 Å². The van der Waals surface area contributed by atoms with Crippen molar-refractivity contribution in [1.82, 2.24) is 4.90 Å². The fourth-order valence-corrected chi connectivity index (χ4v) is 2.33. The van der Waals surface area contributed by atoms with Crippen molar-refractivity contribution in [3.05, 3.63) is 59.5 Å². The number of amides is 1. The molecule has 2 N–H and O–H groups in total. The second-order valence-electron chi connectivity index (χ2n) is 6.68. The lowest BCUT2D eigenvalue weighted by Crippen LogP contribution is -2.37. The Morgan fingerprint density at radius 1 is 1.14 bits per heavy atom. The Balaban J connectivity index is 2.21. The van der Waals surface area contributed by atoms with Crippen LogP contribution in [0.5, 0.6) is 0 Å². The molecule has 0 atom stereocenters. The van der Waals surface area contributed by atoms with Gasteiger partial charge in [-0.25, -0.2) is 0 Å². The van der Waals surface area contributed by atoms with Crippen LogP contribution in [-0.4, -0.2) is 17.4 Å². The van der Waals surface area contributed by atoms with Crippen LogP contribution in [0.15, 0.2) is 46.9 Å². The van der Waals surface area contributed by atoms with Gasteiger partial charge in [-0.2, -0.15) is 0 Å². The standard InChI is InChI=1S/C18H24N2O2/c1-18(2,3)13-20(12-14-7-5-4-6-8-14)17(21)16-10-9-15(11-19)22-16/h4-10H,11-13,19H2,1-3H3. The summed E-state index contributed by atoms with van der Waals surface area (Å²) in [6.07, 6.45) is 0. The van der Waals surface area contributed by atoms with Crippen LogP contribution in [0.2, 0.25) is 0 Å². The van der Waals surface area contributed by atoms with Crippen molar-refractivity contribution in [3.63, 3.8) is 0 Å². The molecule has 0 radical (unpaired) electrons. The van der Waals surface area contributed by atoms with Crippen LogP contribution in [0.4, 0.5) is 0 Å². The first-order chi connectivity index (χ1) is 10.4. The van der Waals surface area contributed by atoms with Crippen molar-refractivity contribution in [2.24, 2.45) is 11.1 Å². The third kappa shape index (κ3) is 4.46. The third-order valence-corrected chi connectivity index (χ3v) is 3.24. The van der Waals surface area contributed by atoms with Crippen molar-refractivity contribution in [3.8, 4) is 0 Å². The number of hydrogen-bond acceptors (Lipinski definition) is 3. The van der Waals surface area contributed by atoms with Crippen LogP contribution in [0.1, 0.15) is 42.6 Å². The molecule has 1 aromatic carbocycles. The second-order valence-corrected chi connectivity index (χ2v) is 6.68. The Morgan fingerprint density at radius 3 is 2.36 bits per heavy atom. The molecule has 0 bridgehead atoms. The zero-order chi connectivity index (χ0) is 16.2. The lowest BCUT2D eigenvalue weighted by atomic mass is 9.95. The Labute approximate surface area is 131 Å². The van der Waals surface area contributed by atoms with Gasteiger partial charge in [-0.3, -0.25) is 4.79 Å². The lowest BCUT2D eigenvalue weighted by Gasteiger charge is -2.29. The summed E-state index contributed by atoms with van der Waals surface area (Å²) in [4.78, 5) is 14.6. The minimum absolute atomic E-state index is 0.00767. The van der Waals surface area contributed by atoms with Gasteiger partial charge in [0.2, 0.25) is 0 Å². The zero-order valence-corrected chi connectivity index (χ0v) is 13.5. The first kappa shape index (κ1) is 16.3. The van der Waals surface area contributed by atoms with Gasteiger partial charge in [0, 0.05) is 13.1 Å². The van der Waals surface area contributed by atoms with Gasteiger partial charge < -0.3 is 15.1 Å². The van der Waals surface area contributed by atoms with E-state index in [0.717, 1.165) is 5.56 Å². The second kappa shape index (κ2) is 6.79. The summed E-state index contributed by atoms with van der Waals surface area (Å²) in [5, 5.41) is 0. The highest BCUT2D eigenvalue weighted by Gasteiger charge is 2.24. The molecule has 4 heteroatoms. The zero-order valence-electron chi connectivity index (χ0n) is 13.5. The maximum absolute atomic E-state index is 12.7. The van der Waals surface area contributed by atoms with Crippen LogP contribution >= 0.6 is 0 Å². The van der Waals surface area contributed by atoms with Gasteiger partial charge in [-0.15, -0.1) is 0 Å². The molecule has 1 amide bonds. The molecule has 0 unspecified atom stereocenters. The molecule has 0 aliphatic carbocycles. The summed E-state index contributed by atoms with van der Waals surface area (Å²) in [5.41, 5.74) is 6.66. The Hall–Kier alpha value is -2.07. The van der Waals surface area contributed by atoms with Crippen molar-refractivity contribution in [2.45, 2.75) is 33.9 Å². The highest BCUT2D eigenvalue weighted by Crippen LogP contribution is 2.20. The summed E-state index contributed by atoms with van der Waals surface area (Å²) in [5.74, 6) is 0.873. The van der Waals surface area contributed by atoms with E-state index >= 15 is 0 Å². The maximum atomic E-state index is 12.7. The Bertz CT molecular complexity index is 612. The molecule has 0 spiro atoms. The van der Waals surface area contributed by atoms with E-state index in [1.807, 2.05) is 35.2 Å². The molecule has 2 rings (SSSR count). The Morgan fingerprint density at radius 2 is 1.82 bits per heavy atom. The largest absolute Gasteiger partial charge is 0.455 e. The predicted molar refractivity (Wildman–Crippen MR) is 87.2 cm³/mol. The molecular formula is C18H24N2O2. The molecule has 0 aliphatic heterocycles. The van der Waals surface area contributed by atoms with Crippen LogP contribution < -0.4 is 5.73 Å². The molecule has 0 aliphatic rings.